The lowest BCUT2D eigenvalue weighted by Gasteiger charge is -2.25. The molecule has 0 saturated carbocycles. The van der Waals surface area contributed by atoms with E-state index in [1.54, 1.807) is 37.7 Å². The molecule has 0 aliphatic carbocycles. The Morgan fingerprint density at radius 3 is 2.61 bits per heavy atom. The van der Waals surface area contributed by atoms with Crippen LogP contribution < -0.4 is 24.4 Å². The molecule has 5 rings (SSSR count). The van der Waals surface area contributed by atoms with Gasteiger partial charge >= 0.3 is 5.97 Å². The fourth-order valence-corrected chi connectivity index (χ4v) is 5.69. The number of benzene rings is 3. The Labute approximate surface area is 240 Å². The molecule has 9 heteroatoms. The molecule has 1 aliphatic rings. The summed E-state index contributed by atoms with van der Waals surface area (Å²) in [6.45, 7) is 3.97. The van der Waals surface area contributed by atoms with Crippen molar-refractivity contribution in [3.05, 3.63) is 126 Å². The predicted molar refractivity (Wildman–Crippen MR) is 155 cm³/mol. The van der Waals surface area contributed by atoms with Gasteiger partial charge in [-0.25, -0.2) is 9.79 Å². The monoisotopic (exact) mass is 565 g/mol. The fraction of sp³-hybridized carbons (Fsp3) is 0.188. The number of rotatable bonds is 8. The van der Waals surface area contributed by atoms with E-state index < -0.39 is 12.0 Å². The van der Waals surface area contributed by atoms with Gasteiger partial charge in [0, 0.05) is 5.56 Å². The number of methoxy groups -OCH3 is 1. The summed E-state index contributed by atoms with van der Waals surface area (Å²) in [5.41, 5.74) is 3.47. The van der Waals surface area contributed by atoms with Crippen LogP contribution in [0.5, 0.6) is 11.5 Å². The number of fused-ring (bicyclic) bond motifs is 1. The van der Waals surface area contributed by atoms with E-state index in [1.807, 2.05) is 66.7 Å². The number of aromatic nitrogens is 1. The predicted octanol–water partition coefficient (Wildman–Crippen LogP) is 4.26. The van der Waals surface area contributed by atoms with Crippen molar-refractivity contribution in [2.45, 2.75) is 26.5 Å². The molecule has 4 aromatic rings. The highest BCUT2D eigenvalue weighted by atomic mass is 32.1. The normalized spacial score (nSPS) is 14.6. The maximum atomic E-state index is 13.8. The molecule has 0 amide bonds. The van der Waals surface area contributed by atoms with Crippen LogP contribution in [0.4, 0.5) is 0 Å². The Hall–Kier alpha value is -4.94. The maximum absolute atomic E-state index is 13.8. The van der Waals surface area contributed by atoms with E-state index >= 15 is 0 Å². The largest absolute Gasteiger partial charge is 0.497 e. The van der Waals surface area contributed by atoms with Crippen LogP contribution in [0.1, 0.15) is 42.1 Å². The molecule has 1 aromatic heterocycles. The van der Waals surface area contributed by atoms with Crippen molar-refractivity contribution < 1.29 is 19.0 Å². The second-order valence-electron chi connectivity index (χ2n) is 9.21. The van der Waals surface area contributed by atoms with Gasteiger partial charge in [0.25, 0.3) is 5.56 Å². The quantitative estimate of drug-likeness (QED) is 0.296. The smallest absolute Gasteiger partial charge is 0.338 e. The Balaban J connectivity index is 1.50. The summed E-state index contributed by atoms with van der Waals surface area (Å²) in [5, 5.41) is 9.29. The highest BCUT2D eigenvalue weighted by Crippen LogP contribution is 2.32. The molecule has 0 unspecified atom stereocenters. The lowest BCUT2D eigenvalue weighted by molar-refractivity contribution is -0.139. The van der Waals surface area contributed by atoms with Crippen LogP contribution in [0.15, 0.2) is 93.9 Å². The molecule has 8 nitrogen and oxygen atoms in total. The Morgan fingerprint density at radius 2 is 1.88 bits per heavy atom. The Kier molecular flexibility index (Phi) is 8.13. The van der Waals surface area contributed by atoms with Crippen LogP contribution >= 0.6 is 11.3 Å². The summed E-state index contributed by atoms with van der Waals surface area (Å²) in [7, 11) is 1.57. The zero-order valence-corrected chi connectivity index (χ0v) is 23.6. The number of ether oxygens (including phenoxy) is 3. The summed E-state index contributed by atoms with van der Waals surface area (Å²) in [5.74, 6) is 0.744. The molecule has 1 atom stereocenters. The zero-order chi connectivity index (χ0) is 28.9. The number of nitriles is 1. The SMILES string of the molecule is CCOC(=O)C1=C(C)N=c2s/c(=C/c3ccc(OCc4ccccc4C#N)cc3)c(=O)n2[C@@H]1c1cccc(OC)c1. The minimum atomic E-state index is -0.713. The molecular weight excluding hydrogens is 538 g/mol. The molecule has 3 aromatic carbocycles. The van der Waals surface area contributed by atoms with Gasteiger partial charge in [-0.3, -0.25) is 9.36 Å². The molecular formula is C32H27N3O5S. The average Bonchev–Trinajstić information content (AvgIpc) is 3.30. The molecule has 1 aliphatic heterocycles. The van der Waals surface area contributed by atoms with Gasteiger partial charge < -0.3 is 14.2 Å². The standard InChI is InChI=1S/C32H27N3O5S/c1-4-39-31(37)28-20(2)34-32-35(29(28)22-10-7-11-26(17-22)38-3)30(36)27(41-32)16-21-12-14-25(15-13-21)40-19-24-9-6-5-8-23(24)18-33/h5-17,29H,4,19H2,1-3H3/b27-16+/t29-/m1/s1. The zero-order valence-electron chi connectivity index (χ0n) is 22.8. The van der Waals surface area contributed by atoms with E-state index in [0.717, 1.165) is 11.1 Å². The molecule has 0 fully saturated rings. The third kappa shape index (κ3) is 5.69. The third-order valence-corrected chi connectivity index (χ3v) is 7.62. The topological polar surface area (TPSA) is 103 Å². The van der Waals surface area contributed by atoms with Gasteiger partial charge in [-0.1, -0.05) is 53.8 Å². The number of nitrogens with zero attached hydrogens (tertiary/aromatic N) is 3. The number of esters is 1. The first kappa shape index (κ1) is 27.6. The van der Waals surface area contributed by atoms with Crippen LogP contribution in [0.25, 0.3) is 6.08 Å². The number of thiazole rings is 1. The van der Waals surface area contributed by atoms with E-state index in [1.165, 1.54) is 11.3 Å². The van der Waals surface area contributed by atoms with Gasteiger partial charge in [0.2, 0.25) is 0 Å². The van der Waals surface area contributed by atoms with E-state index in [0.29, 0.717) is 43.2 Å². The van der Waals surface area contributed by atoms with Gasteiger partial charge in [0.15, 0.2) is 4.80 Å². The second kappa shape index (κ2) is 12.1. The highest BCUT2D eigenvalue weighted by molar-refractivity contribution is 7.07. The molecule has 206 valence electrons. The van der Waals surface area contributed by atoms with Crippen LogP contribution in [-0.4, -0.2) is 24.3 Å². The van der Waals surface area contributed by atoms with Crippen molar-refractivity contribution in [1.29, 1.82) is 5.26 Å². The number of carbonyl (C=O) groups excluding carboxylic acids is 1. The summed E-state index contributed by atoms with van der Waals surface area (Å²) in [6.07, 6.45) is 1.80. The summed E-state index contributed by atoms with van der Waals surface area (Å²) in [6, 6.07) is 23.4. The number of allylic oxidation sites excluding steroid dienone is 1. The minimum absolute atomic E-state index is 0.204. The first-order valence-electron chi connectivity index (χ1n) is 13.0. The summed E-state index contributed by atoms with van der Waals surface area (Å²) < 4.78 is 18.7. The first-order valence-corrected chi connectivity index (χ1v) is 13.8. The molecule has 0 N–H and O–H groups in total. The van der Waals surface area contributed by atoms with Gasteiger partial charge in [-0.05, 0) is 61.4 Å². The summed E-state index contributed by atoms with van der Waals surface area (Å²) >= 11 is 1.26. The summed E-state index contributed by atoms with van der Waals surface area (Å²) in [4.78, 5) is 32.0. The van der Waals surface area contributed by atoms with Crippen molar-refractivity contribution in [2.75, 3.05) is 13.7 Å². The molecule has 0 radical (unpaired) electrons. The molecule has 2 heterocycles. The first-order chi connectivity index (χ1) is 19.9. The lowest BCUT2D eigenvalue weighted by atomic mass is 9.95. The van der Waals surface area contributed by atoms with E-state index in [9.17, 15) is 14.9 Å². The van der Waals surface area contributed by atoms with Crippen LogP contribution in [-0.2, 0) is 16.1 Å². The fourth-order valence-electron chi connectivity index (χ4n) is 4.65. The average molecular weight is 566 g/mol. The van der Waals surface area contributed by atoms with Crippen molar-refractivity contribution in [3.8, 4) is 17.6 Å². The van der Waals surface area contributed by atoms with Crippen LogP contribution in [0.2, 0.25) is 0 Å². The number of carbonyl (C=O) groups is 1. The minimum Gasteiger partial charge on any atom is -0.497 e. The number of hydrogen-bond acceptors (Lipinski definition) is 8. The van der Waals surface area contributed by atoms with Gasteiger partial charge in [0.05, 0.1) is 47.2 Å². The molecule has 0 spiro atoms. The van der Waals surface area contributed by atoms with Crippen LogP contribution in [0.3, 0.4) is 0 Å². The van der Waals surface area contributed by atoms with Crippen molar-refractivity contribution in [3.63, 3.8) is 0 Å². The van der Waals surface area contributed by atoms with Gasteiger partial charge in [-0.15, -0.1) is 0 Å². The second-order valence-corrected chi connectivity index (χ2v) is 10.2. The lowest BCUT2D eigenvalue weighted by Crippen LogP contribution is -2.39. The Morgan fingerprint density at radius 1 is 1.10 bits per heavy atom. The molecule has 41 heavy (non-hydrogen) atoms. The van der Waals surface area contributed by atoms with E-state index in [-0.39, 0.29) is 18.8 Å². The molecule has 0 bridgehead atoms. The Bertz CT molecular complexity index is 1860. The van der Waals surface area contributed by atoms with Crippen molar-refractivity contribution in [2.24, 2.45) is 4.99 Å². The van der Waals surface area contributed by atoms with E-state index in [4.69, 9.17) is 14.2 Å². The molecule has 0 saturated heterocycles. The van der Waals surface area contributed by atoms with Crippen molar-refractivity contribution in [1.82, 2.24) is 4.57 Å². The maximum Gasteiger partial charge on any atom is 0.338 e. The third-order valence-electron chi connectivity index (χ3n) is 6.64. The number of hydrogen-bond donors (Lipinski definition) is 0. The van der Waals surface area contributed by atoms with Crippen molar-refractivity contribution >= 4 is 23.4 Å². The van der Waals surface area contributed by atoms with Gasteiger partial charge in [0.1, 0.15) is 18.1 Å². The van der Waals surface area contributed by atoms with E-state index in [2.05, 4.69) is 11.1 Å². The van der Waals surface area contributed by atoms with Gasteiger partial charge in [-0.2, -0.15) is 5.26 Å². The van der Waals surface area contributed by atoms with Crippen LogP contribution in [0, 0.1) is 11.3 Å². The highest BCUT2D eigenvalue weighted by Gasteiger charge is 2.33.